The number of halogens is 2. The van der Waals surface area contributed by atoms with Crippen molar-refractivity contribution >= 4 is 21.7 Å². The van der Waals surface area contributed by atoms with Crippen LogP contribution in [0.25, 0.3) is 5.69 Å². The van der Waals surface area contributed by atoms with E-state index in [2.05, 4.69) is 21.0 Å². The smallest absolute Gasteiger partial charge is 0.145 e. The predicted molar refractivity (Wildman–Crippen MR) is 55.6 cm³/mol. The lowest BCUT2D eigenvalue weighted by Gasteiger charge is -2.03. The van der Waals surface area contributed by atoms with Crippen LogP contribution in [0.15, 0.2) is 34.9 Å². The number of nitrogens with two attached hydrogens (primary N) is 1. The number of nitrogens with zero attached hydrogens (tertiary/aromatic N) is 2. The standard InChI is InChI=1S/C9H7BrFN3/c10-7-5-6(11)1-2-8(7)14-4-3-9(12)13-14/h1-5H,(H2,12,13). The van der Waals surface area contributed by atoms with E-state index in [1.807, 2.05) is 0 Å². The van der Waals surface area contributed by atoms with Crippen LogP contribution in [0.5, 0.6) is 0 Å². The highest BCUT2D eigenvalue weighted by Crippen LogP contribution is 2.21. The lowest BCUT2D eigenvalue weighted by Crippen LogP contribution is -1.97. The minimum absolute atomic E-state index is 0.291. The summed E-state index contributed by atoms with van der Waals surface area (Å²) >= 11 is 3.25. The normalized spacial score (nSPS) is 10.4. The molecule has 0 atom stereocenters. The van der Waals surface area contributed by atoms with E-state index in [0.717, 1.165) is 5.69 Å². The van der Waals surface area contributed by atoms with Gasteiger partial charge in [-0.15, -0.1) is 0 Å². The number of hydrogen-bond acceptors (Lipinski definition) is 2. The Morgan fingerprint density at radius 2 is 2.14 bits per heavy atom. The molecular formula is C9H7BrFN3. The van der Waals surface area contributed by atoms with Crippen LogP contribution in [0.4, 0.5) is 10.2 Å². The summed E-state index contributed by atoms with van der Waals surface area (Å²) in [5.74, 6) is 0.141. The lowest BCUT2D eigenvalue weighted by atomic mass is 10.3. The van der Waals surface area contributed by atoms with Gasteiger partial charge >= 0.3 is 0 Å². The summed E-state index contributed by atoms with van der Waals surface area (Å²) in [4.78, 5) is 0. The Morgan fingerprint density at radius 3 is 2.71 bits per heavy atom. The van der Waals surface area contributed by atoms with Gasteiger partial charge in [0.15, 0.2) is 0 Å². The molecule has 72 valence electrons. The molecule has 0 amide bonds. The van der Waals surface area contributed by atoms with Crippen molar-refractivity contribution in [2.24, 2.45) is 0 Å². The van der Waals surface area contributed by atoms with E-state index in [9.17, 15) is 4.39 Å². The maximum absolute atomic E-state index is 12.8. The zero-order chi connectivity index (χ0) is 10.1. The molecule has 1 heterocycles. The number of nitrogen functional groups attached to an aromatic ring is 1. The van der Waals surface area contributed by atoms with Crippen molar-refractivity contribution in [1.82, 2.24) is 9.78 Å². The van der Waals surface area contributed by atoms with Crippen molar-refractivity contribution in [3.63, 3.8) is 0 Å². The van der Waals surface area contributed by atoms with E-state index in [4.69, 9.17) is 5.73 Å². The van der Waals surface area contributed by atoms with Crippen LogP contribution in [0, 0.1) is 5.82 Å². The molecule has 0 saturated carbocycles. The fraction of sp³-hybridized carbons (Fsp3) is 0. The molecule has 2 N–H and O–H groups in total. The van der Waals surface area contributed by atoms with Crippen LogP contribution < -0.4 is 5.73 Å². The van der Waals surface area contributed by atoms with Crippen molar-refractivity contribution < 1.29 is 4.39 Å². The zero-order valence-electron chi connectivity index (χ0n) is 7.11. The highest BCUT2D eigenvalue weighted by atomic mass is 79.9. The quantitative estimate of drug-likeness (QED) is 0.851. The molecule has 3 nitrogen and oxygen atoms in total. The molecule has 0 unspecified atom stereocenters. The third-order valence-electron chi connectivity index (χ3n) is 1.77. The van der Waals surface area contributed by atoms with E-state index in [-0.39, 0.29) is 5.82 Å². The Bertz CT molecular complexity index is 467. The van der Waals surface area contributed by atoms with Crippen LogP contribution in [-0.2, 0) is 0 Å². The number of rotatable bonds is 1. The number of aromatic nitrogens is 2. The monoisotopic (exact) mass is 255 g/mol. The summed E-state index contributed by atoms with van der Waals surface area (Å²) in [7, 11) is 0. The molecule has 0 fully saturated rings. The second kappa shape index (κ2) is 3.42. The second-order valence-electron chi connectivity index (χ2n) is 2.78. The summed E-state index contributed by atoms with van der Waals surface area (Å²) < 4.78 is 15.0. The first-order chi connectivity index (χ1) is 6.66. The molecule has 1 aromatic carbocycles. The van der Waals surface area contributed by atoms with Gasteiger partial charge in [-0.2, -0.15) is 5.10 Å². The molecule has 14 heavy (non-hydrogen) atoms. The molecule has 2 rings (SSSR count). The Kier molecular flexibility index (Phi) is 2.25. The third-order valence-corrected chi connectivity index (χ3v) is 2.40. The van der Waals surface area contributed by atoms with Gasteiger partial charge < -0.3 is 5.73 Å². The molecule has 2 aromatic rings. The zero-order valence-corrected chi connectivity index (χ0v) is 8.70. The van der Waals surface area contributed by atoms with Crippen LogP contribution >= 0.6 is 15.9 Å². The van der Waals surface area contributed by atoms with Gasteiger partial charge in [0.2, 0.25) is 0 Å². The molecule has 0 saturated heterocycles. The van der Waals surface area contributed by atoms with E-state index < -0.39 is 0 Å². The number of anilines is 1. The fourth-order valence-electron chi connectivity index (χ4n) is 1.14. The number of hydrogen-bond donors (Lipinski definition) is 1. The van der Waals surface area contributed by atoms with Gasteiger partial charge in [0.05, 0.1) is 5.69 Å². The Balaban J connectivity index is 2.52. The van der Waals surface area contributed by atoms with E-state index >= 15 is 0 Å². The molecule has 0 radical (unpaired) electrons. The van der Waals surface area contributed by atoms with E-state index in [0.29, 0.717) is 10.3 Å². The van der Waals surface area contributed by atoms with Crippen molar-refractivity contribution in [1.29, 1.82) is 0 Å². The molecule has 5 heteroatoms. The predicted octanol–water partition coefficient (Wildman–Crippen LogP) is 2.36. The maximum atomic E-state index is 12.8. The highest BCUT2D eigenvalue weighted by molar-refractivity contribution is 9.10. The highest BCUT2D eigenvalue weighted by Gasteiger charge is 2.04. The Morgan fingerprint density at radius 1 is 1.36 bits per heavy atom. The van der Waals surface area contributed by atoms with Gasteiger partial charge in [-0.05, 0) is 34.1 Å². The molecule has 0 aliphatic carbocycles. The van der Waals surface area contributed by atoms with Gasteiger partial charge in [-0.25, -0.2) is 9.07 Å². The summed E-state index contributed by atoms with van der Waals surface area (Å²) in [5.41, 5.74) is 6.23. The average molecular weight is 256 g/mol. The minimum Gasteiger partial charge on any atom is -0.382 e. The van der Waals surface area contributed by atoms with Crippen molar-refractivity contribution in [2.45, 2.75) is 0 Å². The largest absolute Gasteiger partial charge is 0.382 e. The van der Waals surface area contributed by atoms with Crippen molar-refractivity contribution in [2.75, 3.05) is 5.73 Å². The van der Waals surface area contributed by atoms with Gasteiger partial charge in [-0.1, -0.05) is 0 Å². The molecular weight excluding hydrogens is 249 g/mol. The molecule has 0 aliphatic rings. The van der Waals surface area contributed by atoms with Gasteiger partial charge in [0.1, 0.15) is 11.6 Å². The van der Waals surface area contributed by atoms with Crippen LogP contribution in [0.3, 0.4) is 0 Å². The van der Waals surface area contributed by atoms with Gasteiger partial charge in [-0.3, -0.25) is 0 Å². The van der Waals surface area contributed by atoms with Crippen molar-refractivity contribution in [3.05, 3.63) is 40.8 Å². The molecule has 0 aliphatic heterocycles. The van der Waals surface area contributed by atoms with E-state index in [1.54, 1.807) is 23.0 Å². The Labute approximate surface area is 88.5 Å². The molecule has 1 aromatic heterocycles. The van der Waals surface area contributed by atoms with E-state index in [1.165, 1.54) is 12.1 Å². The Hall–Kier alpha value is -1.36. The maximum Gasteiger partial charge on any atom is 0.145 e. The van der Waals surface area contributed by atoms with Crippen LogP contribution in [0.1, 0.15) is 0 Å². The second-order valence-corrected chi connectivity index (χ2v) is 3.64. The summed E-state index contributed by atoms with van der Waals surface area (Å²) in [6.07, 6.45) is 1.72. The van der Waals surface area contributed by atoms with Gasteiger partial charge in [0, 0.05) is 16.7 Å². The first kappa shape index (κ1) is 9.21. The number of benzene rings is 1. The third kappa shape index (κ3) is 1.63. The van der Waals surface area contributed by atoms with Gasteiger partial charge in [0.25, 0.3) is 0 Å². The molecule has 0 bridgehead atoms. The van der Waals surface area contributed by atoms with Crippen molar-refractivity contribution in [3.8, 4) is 5.69 Å². The topological polar surface area (TPSA) is 43.8 Å². The first-order valence-electron chi connectivity index (χ1n) is 3.93. The summed E-state index contributed by atoms with van der Waals surface area (Å²) in [6.45, 7) is 0. The van der Waals surface area contributed by atoms with Crippen LogP contribution in [-0.4, -0.2) is 9.78 Å². The van der Waals surface area contributed by atoms with Crippen LogP contribution in [0.2, 0.25) is 0 Å². The minimum atomic E-state index is -0.291. The summed E-state index contributed by atoms with van der Waals surface area (Å²) in [5, 5.41) is 4.01. The SMILES string of the molecule is Nc1ccn(-c2ccc(F)cc2Br)n1. The first-order valence-corrected chi connectivity index (χ1v) is 4.73. The molecule has 0 spiro atoms. The fourth-order valence-corrected chi connectivity index (χ4v) is 1.67. The lowest BCUT2D eigenvalue weighted by molar-refractivity contribution is 0.626. The summed E-state index contributed by atoms with van der Waals surface area (Å²) in [6, 6.07) is 6.06. The average Bonchev–Trinajstić information content (AvgIpc) is 2.51.